The van der Waals surface area contributed by atoms with E-state index in [0.29, 0.717) is 25.4 Å². The average Bonchev–Trinajstić information content (AvgIpc) is 3.30. The molecule has 0 amide bonds. The van der Waals surface area contributed by atoms with Crippen LogP contribution >= 0.6 is 0 Å². The van der Waals surface area contributed by atoms with E-state index in [1.807, 2.05) is 13.8 Å². The summed E-state index contributed by atoms with van der Waals surface area (Å²) >= 11 is 0. The summed E-state index contributed by atoms with van der Waals surface area (Å²) in [6, 6.07) is 0. The predicted octanol–water partition coefficient (Wildman–Crippen LogP) is -1.34. The molecule has 4 aliphatic carbocycles. The van der Waals surface area contributed by atoms with E-state index in [-0.39, 0.29) is 65.3 Å². The van der Waals surface area contributed by atoms with E-state index in [9.17, 15) is 61.3 Å². The molecule has 0 aromatic rings. The number of hydrogen-bond acceptors (Lipinski definition) is 19. The first-order valence-electron chi connectivity index (χ1n) is 24.6. The second-order valence-corrected chi connectivity index (χ2v) is 22.8. The van der Waals surface area contributed by atoms with E-state index in [0.717, 1.165) is 51.4 Å². The second kappa shape index (κ2) is 19.3. The topological polar surface area (TPSA) is 307 Å². The van der Waals surface area contributed by atoms with Crippen molar-refractivity contribution in [3.8, 4) is 0 Å². The lowest BCUT2D eigenvalue weighted by molar-refractivity contribution is -0.368. The highest BCUT2D eigenvalue weighted by atomic mass is 16.8. The van der Waals surface area contributed by atoms with Gasteiger partial charge < -0.3 is 94.4 Å². The van der Waals surface area contributed by atoms with Crippen LogP contribution in [0.2, 0.25) is 0 Å². The van der Waals surface area contributed by atoms with Gasteiger partial charge in [-0.15, -0.1) is 0 Å². The van der Waals surface area contributed by atoms with E-state index >= 15 is 0 Å². The highest BCUT2D eigenvalue weighted by molar-refractivity contribution is 5.19. The first kappa shape index (κ1) is 51.6. The summed E-state index contributed by atoms with van der Waals surface area (Å²) in [5, 5.41) is 127. The molecular formula is C47H80O19. The van der Waals surface area contributed by atoms with Crippen LogP contribution in [0.4, 0.5) is 0 Å². The predicted molar refractivity (Wildman–Crippen MR) is 228 cm³/mol. The molecule has 26 unspecified atom stereocenters. The maximum atomic E-state index is 12.5. The van der Waals surface area contributed by atoms with Crippen molar-refractivity contribution in [1.82, 2.24) is 0 Å². The number of aliphatic hydroxyl groups is 12. The number of fused-ring (bicyclic) bond motifs is 5. The second-order valence-electron chi connectivity index (χ2n) is 22.8. The normalized spacial score (nSPS) is 56.0. The number of ether oxygens (including phenoxy) is 7. The van der Waals surface area contributed by atoms with Crippen molar-refractivity contribution in [2.45, 2.75) is 203 Å². The fourth-order valence-corrected chi connectivity index (χ4v) is 15.1. The van der Waals surface area contributed by atoms with Gasteiger partial charge in [0.25, 0.3) is 0 Å². The molecule has 12 N–H and O–H groups in total. The van der Waals surface area contributed by atoms with Gasteiger partial charge in [0.15, 0.2) is 18.9 Å². The van der Waals surface area contributed by atoms with Crippen molar-refractivity contribution in [3.05, 3.63) is 0 Å². The van der Waals surface area contributed by atoms with Gasteiger partial charge in [0.05, 0.1) is 58.0 Å². The molecule has 66 heavy (non-hydrogen) atoms. The summed E-state index contributed by atoms with van der Waals surface area (Å²) in [5.74, 6) is 0.289. The van der Waals surface area contributed by atoms with Crippen LogP contribution in [0.25, 0.3) is 0 Å². The van der Waals surface area contributed by atoms with Crippen LogP contribution in [0.15, 0.2) is 0 Å². The number of hydrogen-bond donors (Lipinski definition) is 12. The Bertz CT molecular complexity index is 1630. The minimum absolute atomic E-state index is 0.0334. The minimum atomic E-state index is -1.75. The maximum Gasteiger partial charge on any atom is 0.187 e. The van der Waals surface area contributed by atoms with Crippen LogP contribution < -0.4 is 0 Å². The summed E-state index contributed by atoms with van der Waals surface area (Å²) in [4.78, 5) is 0. The van der Waals surface area contributed by atoms with Crippen LogP contribution in [0, 0.1) is 50.7 Å². The maximum absolute atomic E-state index is 12.5. The Balaban J connectivity index is 0.918. The monoisotopic (exact) mass is 949 g/mol. The first-order chi connectivity index (χ1) is 31.1. The third kappa shape index (κ3) is 8.35. The molecule has 1 spiro atoms. The number of rotatable bonds is 11. The van der Waals surface area contributed by atoms with Gasteiger partial charge in [-0.25, -0.2) is 0 Å². The van der Waals surface area contributed by atoms with Crippen molar-refractivity contribution in [2.75, 3.05) is 39.6 Å². The molecule has 8 rings (SSSR count). The van der Waals surface area contributed by atoms with Crippen molar-refractivity contribution < 1.29 is 94.4 Å². The van der Waals surface area contributed by atoms with Crippen molar-refractivity contribution in [1.29, 1.82) is 0 Å². The van der Waals surface area contributed by atoms with Gasteiger partial charge in [-0.1, -0.05) is 34.6 Å². The van der Waals surface area contributed by atoms with Gasteiger partial charge in [0.1, 0.15) is 67.1 Å². The molecule has 0 radical (unpaired) electrons. The van der Waals surface area contributed by atoms with E-state index in [1.54, 1.807) is 0 Å². The van der Waals surface area contributed by atoms with Gasteiger partial charge in [-0.3, -0.25) is 0 Å². The molecule has 4 saturated heterocycles. The first-order valence-corrected chi connectivity index (χ1v) is 24.6. The molecule has 0 bridgehead atoms. The lowest BCUT2D eigenvalue weighted by Crippen LogP contribution is -2.69. The highest BCUT2D eigenvalue weighted by Gasteiger charge is 2.71. The quantitative estimate of drug-likeness (QED) is 0.107. The Morgan fingerprint density at radius 2 is 1.24 bits per heavy atom. The molecule has 8 aliphatic rings. The minimum Gasteiger partial charge on any atom is -0.396 e. The zero-order valence-corrected chi connectivity index (χ0v) is 39.2. The fourth-order valence-electron chi connectivity index (χ4n) is 15.1. The van der Waals surface area contributed by atoms with E-state index in [4.69, 9.17) is 33.2 Å². The van der Waals surface area contributed by atoms with E-state index in [2.05, 4.69) is 20.8 Å². The van der Waals surface area contributed by atoms with Gasteiger partial charge >= 0.3 is 0 Å². The Kier molecular flexibility index (Phi) is 15.1. The Morgan fingerprint density at radius 1 is 0.591 bits per heavy atom. The van der Waals surface area contributed by atoms with Crippen LogP contribution in [0.3, 0.4) is 0 Å². The Hall–Kier alpha value is -0.760. The SMILES string of the molecule is CC(COC1OC(CO)C(O)C(O)C1O)C1CCC2(CCC3(C)C(CCC4C5(C)CCC(OC6OCC(O)C(O)C6OC6OC(CO)C(O)C(O)C6O)C(C)(CO)C5CCC43C)C2O)CO1. The summed E-state index contributed by atoms with van der Waals surface area (Å²) < 4.78 is 42.1. The van der Waals surface area contributed by atoms with Crippen LogP contribution in [-0.4, -0.2) is 205 Å². The largest absolute Gasteiger partial charge is 0.396 e. The Labute approximate surface area is 387 Å². The molecular weight excluding hydrogens is 868 g/mol. The Morgan fingerprint density at radius 3 is 1.86 bits per heavy atom. The van der Waals surface area contributed by atoms with Crippen LogP contribution in [0.1, 0.15) is 98.8 Å². The molecule has 4 heterocycles. The summed E-state index contributed by atoms with van der Waals surface area (Å²) in [5.41, 5.74) is -1.61. The number of aliphatic hydroxyl groups excluding tert-OH is 12. The van der Waals surface area contributed by atoms with Crippen molar-refractivity contribution in [2.24, 2.45) is 50.7 Å². The fraction of sp³-hybridized carbons (Fsp3) is 1.00. The third-order valence-electron chi connectivity index (χ3n) is 19.6. The summed E-state index contributed by atoms with van der Waals surface area (Å²) in [6.07, 6.45) is -13.4. The summed E-state index contributed by atoms with van der Waals surface area (Å²) in [6.45, 7) is 10.1. The van der Waals surface area contributed by atoms with Crippen molar-refractivity contribution >= 4 is 0 Å². The lowest BCUT2D eigenvalue weighted by atomic mass is 9.33. The third-order valence-corrected chi connectivity index (χ3v) is 19.6. The van der Waals surface area contributed by atoms with Crippen molar-refractivity contribution in [3.63, 3.8) is 0 Å². The van der Waals surface area contributed by atoms with Crippen LogP contribution in [0.5, 0.6) is 0 Å². The van der Waals surface area contributed by atoms with Gasteiger partial charge in [-0.2, -0.15) is 0 Å². The molecule has 0 aromatic heterocycles. The van der Waals surface area contributed by atoms with Gasteiger partial charge in [-0.05, 0) is 98.2 Å². The standard InChI is InChI=1S/C47H80O19/c1-22(18-60-40-36(57)34(55)32(53)26(16-48)63-40)25-8-13-47(21-62-25)15-14-45(4)23(39(47)59)6-7-29-43(2)11-10-30(44(3,20-50)28(43)9-12-46(29,45)5)65-42-38(31(52)24(51)19-61-42)66-41-37(58)35(56)33(54)27(17-49)64-41/h22-42,48-59H,6-21H2,1-5H3. The molecule has 4 saturated carbocycles. The van der Waals surface area contributed by atoms with Crippen LogP contribution in [-0.2, 0) is 33.2 Å². The van der Waals surface area contributed by atoms with Gasteiger partial charge in [0.2, 0.25) is 0 Å². The molecule has 382 valence electrons. The molecule has 8 fully saturated rings. The highest BCUT2D eigenvalue weighted by Crippen LogP contribution is 2.75. The molecule has 19 heteroatoms. The molecule has 0 aromatic carbocycles. The zero-order chi connectivity index (χ0) is 47.9. The average molecular weight is 949 g/mol. The molecule has 19 nitrogen and oxygen atoms in total. The molecule has 26 atom stereocenters. The summed E-state index contributed by atoms with van der Waals surface area (Å²) in [7, 11) is 0. The molecule has 4 aliphatic heterocycles. The van der Waals surface area contributed by atoms with E-state index < -0.39 is 117 Å². The lowest BCUT2D eigenvalue weighted by Gasteiger charge is -2.73. The van der Waals surface area contributed by atoms with E-state index in [1.165, 1.54) is 0 Å². The zero-order valence-electron chi connectivity index (χ0n) is 39.2. The smallest absolute Gasteiger partial charge is 0.187 e. The van der Waals surface area contributed by atoms with Gasteiger partial charge in [0, 0.05) is 16.7 Å².